The highest BCUT2D eigenvalue weighted by molar-refractivity contribution is 4.92. The van der Waals surface area contributed by atoms with E-state index in [1.807, 2.05) is 0 Å². The SMILES string of the molecule is CCCCCCCCCC[C@@H](C)CCC=C(C)C. The summed E-state index contributed by atoms with van der Waals surface area (Å²) in [5.41, 5.74) is 1.47. The third-order valence-electron chi connectivity index (χ3n) is 3.76. The molecular formula is C18H36. The highest BCUT2D eigenvalue weighted by Gasteiger charge is 2.00. The number of hydrogen-bond acceptors (Lipinski definition) is 0. The summed E-state index contributed by atoms with van der Waals surface area (Å²) in [7, 11) is 0. The molecule has 0 heterocycles. The first-order valence-corrected chi connectivity index (χ1v) is 8.30. The van der Waals surface area contributed by atoms with Crippen LogP contribution in [0.2, 0.25) is 0 Å². The largest absolute Gasteiger partial charge is 0.0859 e. The molecular weight excluding hydrogens is 216 g/mol. The van der Waals surface area contributed by atoms with Crippen molar-refractivity contribution in [3.63, 3.8) is 0 Å². The smallest absolute Gasteiger partial charge is 0.0346 e. The fourth-order valence-electron chi connectivity index (χ4n) is 2.43. The molecule has 0 saturated carbocycles. The van der Waals surface area contributed by atoms with E-state index in [2.05, 4.69) is 33.8 Å². The van der Waals surface area contributed by atoms with Crippen molar-refractivity contribution in [2.45, 2.75) is 98.3 Å². The summed E-state index contributed by atoms with van der Waals surface area (Å²) < 4.78 is 0. The fraction of sp³-hybridized carbons (Fsp3) is 0.889. The first-order valence-electron chi connectivity index (χ1n) is 8.30. The quantitative estimate of drug-likeness (QED) is 0.262. The van der Waals surface area contributed by atoms with Crippen LogP contribution in [-0.4, -0.2) is 0 Å². The van der Waals surface area contributed by atoms with Gasteiger partial charge in [0.2, 0.25) is 0 Å². The average molecular weight is 252 g/mol. The molecule has 0 unspecified atom stereocenters. The van der Waals surface area contributed by atoms with Gasteiger partial charge in [0.1, 0.15) is 0 Å². The molecule has 0 N–H and O–H groups in total. The van der Waals surface area contributed by atoms with Crippen LogP contribution in [0.15, 0.2) is 11.6 Å². The van der Waals surface area contributed by atoms with Gasteiger partial charge in [0, 0.05) is 0 Å². The first-order chi connectivity index (χ1) is 8.66. The summed E-state index contributed by atoms with van der Waals surface area (Å²) in [6.45, 7) is 9.10. The molecule has 0 rings (SSSR count). The van der Waals surface area contributed by atoms with Gasteiger partial charge in [-0.25, -0.2) is 0 Å². The Balaban J connectivity index is 3.20. The molecule has 0 fully saturated rings. The molecule has 0 saturated heterocycles. The fourth-order valence-corrected chi connectivity index (χ4v) is 2.43. The maximum absolute atomic E-state index is 2.42. The second-order valence-electron chi connectivity index (χ2n) is 6.23. The Morgan fingerprint density at radius 3 is 1.94 bits per heavy atom. The number of rotatable bonds is 12. The zero-order chi connectivity index (χ0) is 13.6. The zero-order valence-corrected chi connectivity index (χ0v) is 13.4. The van der Waals surface area contributed by atoms with Crippen LogP contribution in [0.3, 0.4) is 0 Å². The minimum Gasteiger partial charge on any atom is -0.0859 e. The monoisotopic (exact) mass is 252 g/mol. The van der Waals surface area contributed by atoms with Crippen molar-refractivity contribution in [3.05, 3.63) is 11.6 Å². The van der Waals surface area contributed by atoms with E-state index in [1.54, 1.807) is 0 Å². The van der Waals surface area contributed by atoms with Gasteiger partial charge in [-0.2, -0.15) is 0 Å². The van der Waals surface area contributed by atoms with Crippen LogP contribution in [0.1, 0.15) is 98.3 Å². The van der Waals surface area contributed by atoms with E-state index < -0.39 is 0 Å². The molecule has 0 bridgehead atoms. The van der Waals surface area contributed by atoms with Gasteiger partial charge in [-0.05, 0) is 32.6 Å². The number of allylic oxidation sites excluding steroid dienone is 2. The van der Waals surface area contributed by atoms with Gasteiger partial charge in [-0.1, -0.05) is 83.3 Å². The number of unbranched alkanes of at least 4 members (excludes halogenated alkanes) is 7. The summed E-state index contributed by atoms with van der Waals surface area (Å²) in [6.07, 6.45) is 18.0. The van der Waals surface area contributed by atoms with Crippen LogP contribution in [0, 0.1) is 5.92 Å². The summed E-state index contributed by atoms with van der Waals surface area (Å²) in [5, 5.41) is 0. The molecule has 0 aromatic rings. The molecule has 0 aliphatic rings. The third kappa shape index (κ3) is 13.8. The lowest BCUT2D eigenvalue weighted by Gasteiger charge is -2.09. The van der Waals surface area contributed by atoms with E-state index in [1.165, 1.54) is 76.2 Å². The normalized spacial score (nSPS) is 12.4. The van der Waals surface area contributed by atoms with E-state index in [-0.39, 0.29) is 0 Å². The Bertz CT molecular complexity index is 186. The second kappa shape index (κ2) is 13.2. The lowest BCUT2D eigenvalue weighted by atomic mass is 9.97. The van der Waals surface area contributed by atoms with E-state index in [9.17, 15) is 0 Å². The minimum atomic E-state index is 0.917. The van der Waals surface area contributed by atoms with Crippen molar-refractivity contribution < 1.29 is 0 Å². The second-order valence-corrected chi connectivity index (χ2v) is 6.23. The molecule has 18 heavy (non-hydrogen) atoms. The zero-order valence-electron chi connectivity index (χ0n) is 13.4. The van der Waals surface area contributed by atoms with Crippen molar-refractivity contribution >= 4 is 0 Å². The lowest BCUT2D eigenvalue weighted by Crippen LogP contribution is -1.94. The van der Waals surface area contributed by atoms with E-state index in [0.717, 1.165) is 5.92 Å². The molecule has 0 spiro atoms. The van der Waals surface area contributed by atoms with Crippen molar-refractivity contribution in [2.24, 2.45) is 5.92 Å². The van der Waals surface area contributed by atoms with E-state index >= 15 is 0 Å². The van der Waals surface area contributed by atoms with Gasteiger partial charge in [0.05, 0.1) is 0 Å². The van der Waals surface area contributed by atoms with Crippen LogP contribution in [0.5, 0.6) is 0 Å². The lowest BCUT2D eigenvalue weighted by molar-refractivity contribution is 0.457. The molecule has 0 radical (unpaired) electrons. The standard InChI is InChI=1S/C18H36/c1-5-6-7-8-9-10-11-12-15-18(4)16-13-14-17(2)3/h14,18H,5-13,15-16H2,1-4H3/t18-/m1/s1. The molecule has 108 valence electrons. The predicted molar refractivity (Wildman–Crippen MR) is 85.1 cm³/mol. The molecule has 0 aromatic carbocycles. The van der Waals surface area contributed by atoms with Gasteiger partial charge in [0.25, 0.3) is 0 Å². The highest BCUT2D eigenvalue weighted by Crippen LogP contribution is 2.17. The van der Waals surface area contributed by atoms with Crippen molar-refractivity contribution in [1.29, 1.82) is 0 Å². The Kier molecular flexibility index (Phi) is 13.0. The molecule has 0 aliphatic carbocycles. The molecule has 0 aliphatic heterocycles. The molecule has 0 amide bonds. The number of hydrogen-bond donors (Lipinski definition) is 0. The topological polar surface area (TPSA) is 0 Å². The average Bonchev–Trinajstić information content (AvgIpc) is 2.32. The molecule has 0 aromatic heterocycles. The minimum absolute atomic E-state index is 0.917. The predicted octanol–water partition coefficient (Wildman–Crippen LogP) is 6.90. The summed E-state index contributed by atoms with van der Waals surface area (Å²) in [5.74, 6) is 0.917. The van der Waals surface area contributed by atoms with E-state index in [4.69, 9.17) is 0 Å². The Labute approximate surface area is 116 Å². The van der Waals surface area contributed by atoms with Crippen LogP contribution < -0.4 is 0 Å². The molecule has 1 atom stereocenters. The summed E-state index contributed by atoms with van der Waals surface area (Å²) in [6, 6.07) is 0. The van der Waals surface area contributed by atoms with E-state index in [0.29, 0.717) is 0 Å². The van der Waals surface area contributed by atoms with Crippen molar-refractivity contribution in [2.75, 3.05) is 0 Å². The maximum Gasteiger partial charge on any atom is -0.0346 e. The Morgan fingerprint density at radius 2 is 1.39 bits per heavy atom. The van der Waals surface area contributed by atoms with Gasteiger partial charge in [-0.3, -0.25) is 0 Å². The van der Waals surface area contributed by atoms with Gasteiger partial charge in [-0.15, -0.1) is 0 Å². The summed E-state index contributed by atoms with van der Waals surface area (Å²) >= 11 is 0. The maximum atomic E-state index is 2.42. The Morgan fingerprint density at radius 1 is 0.833 bits per heavy atom. The first kappa shape index (κ1) is 17.7. The van der Waals surface area contributed by atoms with Crippen LogP contribution in [-0.2, 0) is 0 Å². The van der Waals surface area contributed by atoms with Crippen LogP contribution in [0.25, 0.3) is 0 Å². The van der Waals surface area contributed by atoms with Gasteiger partial charge < -0.3 is 0 Å². The highest BCUT2D eigenvalue weighted by atomic mass is 14.1. The van der Waals surface area contributed by atoms with Gasteiger partial charge >= 0.3 is 0 Å². The van der Waals surface area contributed by atoms with Crippen LogP contribution in [0.4, 0.5) is 0 Å². The van der Waals surface area contributed by atoms with Gasteiger partial charge in [0.15, 0.2) is 0 Å². The van der Waals surface area contributed by atoms with Crippen molar-refractivity contribution in [3.8, 4) is 0 Å². The molecule has 0 nitrogen and oxygen atoms in total. The summed E-state index contributed by atoms with van der Waals surface area (Å²) in [4.78, 5) is 0. The molecule has 0 heteroatoms. The van der Waals surface area contributed by atoms with Crippen molar-refractivity contribution in [1.82, 2.24) is 0 Å². The third-order valence-corrected chi connectivity index (χ3v) is 3.76. The van der Waals surface area contributed by atoms with Crippen LogP contribution >= 0.6 is 0 Å². The Hall–Kier alpha value is -0.260.